The number of rotatable bonds is 13. The molecule has 0 fully saturated rings. The average molecular weight is 472 g/mol. The number of hydrogen-bond acceptors (Lipinski definition) is 6. The molecule has 0 unspecified atom stereocenters. The lowest BCUT2D eigenvalue weighted by Crippen LogP contribution is -2.37. The number of methoxy groups -OCH3 is 1. The number of aryl methyl sites for hydroxylation is 1. The van der Waals surface area contributed by atoms with Gasteiger partial charge in [0.1, 0.15) is 0 Å². The van der Waals surface area contributed by atoms with E-state index in [-0.39, 0.29) is 18.5 Å². The predicted molar refractivity (Wildman–Crippen MR) is 129 cm³/mol. The molecule has 0 amide bonds. The molecule has 0 aliphatic carbocycles. The first kappa shape index (κ1) is 25.8. The quantitative estimate of drug-likeness (QED) is 0.400. The first-order chi connectivity index (χ1) is 16.4. The molecule has 0 radical (unpaired) electrons. The number of ether oxygens (including phenoxy) is 3. The highest BCUT2D eigenvalue weighted by molar-refractivity contribution is 5.43. The lowest BCUT2D eigenvalue weighted by atomic mass is 10.2. The van der Waals surface area contributed by atoms with Crippen LogP contribution in [0.3, 0.4) is 0 Å². The summed E-state index contributed by atoms with van der Waals surface area (Å²) in [6.07, 6.45) is -0.631. The number of para-hydroxylation sites is 2. The maximum atomic E-state index is 14.5. The topological polar surface area (TPSA) is 69.0 Å². The molecule has 0 saturated carbocycles. The molecule has 1 N–H and O–H groups in total. The van der Waals surface area contributed by atoms with E-state index < -0.39 is 11.9 Å². The average Bonchev–Trinajstić information content (AvgIpc) is 3.13. The summed E-state index contributed by atoms with van der Waals surface area (Å²) in [6, 6.07) is 15.9. The minimum absolute atomic E-state index is 0.0363. The summed E-state index contributed by atoms with van der Waals surface area (Å²) in [7, 11) is 1.64. The van der Waals surface area contributed by atoms with Gasteiger partial charge in [0, 0.05) is 26.7 Å². The summed E-state index contributed by atoms with van der Waals surface area (Å²) < 4.78 is 33.1. The lowest BCUT2D eigenvalue weighted by molar-refractivity contribution is -0.0122. The van der Waals surface area contributed by atoms with Crippen LogP contribution in [-0.4, -0.2) is 65.4 Å². The first-order valence-electron chi connectivity index (χ1n) is 11.5. The Morgan fingerprint density at radius 1 is 1.09 bits per heavy atom. The van der Waals surface area contributed by atoms with Gasteiger partial charge < -0.3 is 19.3 Å². The fourth-order valence-corrected chi connectivity index (χ4v) is 3.53. The molecule has 1 aromatic heterocycles. The Labute approximate surface area is 200 Å². The van der Waals surface area contributed by atoms with Crippen LogP contribution >= 0.6 is 0 Å². The van der Waals surface area contributed by atoms with Crippen LogP contribution in [-0.2, 0) is 16.0 Å². The second kappa shape index (κ2) is 12.6. The van der Waals surface area contributed by atoms with Gasteiger partial charge in [0.15, 0.2) is 11.6 Å². The van der Waals surface area contributed by atoms with Crippen molar-refractivity contribution < 1.29 is 23.7 Å². The Kier molecular flexibility index (Phi) is 9.59. The summed E-state index contributed by atoms with van der Waals surface area (Å²) in [5.74, 6) is 0.100. The van der Waals surface area contributed by atoms with Crippen molar-refractivity contribution in [3.8, 4) is 17.3 Å². The molecule has 1 heterocycles. The molecule has 0 spiro atoms. The second-order valence-electron chi connectivity index (χ2n) is 8.41. The van der Waals surface area contributed by atoms with Gasteiger partial charge in [-0.2, -0.15) is 5.10 Å². The van der Waals surface area contributed by atoms with E-state index in [0.29, 0.717) is 32.1 Å². The Bertz CT molecular complexity index is 1030. The Balaban J connectivity index is 1.94. The molecule has 0 aliphatic rings. The molecule has 3 aromatic rings. The zero-order chi connectivity index (χ0) is 24.5. The number of halogens is 1. The van der Waals surface area contributed by atoms with Crippen LogP contribution in [0.1, 0.15) is 25.1 Å². The summed E-state index contributed by atoms with van der Waals surface area (Å²) in [4.78, 5) is 2.06. The minimum atomic E-state index is -0.667. The van der Waals surface area contributed by atoms with Crippen LogP contribution in [0.25, 0.3) is 5.69 Å². The van der Waals surface area contributed by atoms with E-state index >= 15 is 0 Å². The van der Waals surface area contributed by atoms with Gasteiger partial charge in [-0.1, -0.05) is 30.3 Å². The summed E-state index contributed by atoms with van der Waals surface area (Å²) in [6.45, 7) is 7.90. The van der Waals surface area contributed by atoms with Gasteiger partial charge in [0.05, 0.1) is 42.4 Å². The Morgan fingerprint density at radius 2 is 1.79 bits per heavy atom. The minimum Gasteiger partial charge on any atom is -0.435 e. The van der Waals surface area contributed by atoms with Crippen LogP contribution in [0, 0.1) is 12.7 Å². The summed E-state index contributed by atoms with van der Waals surface area (Å²) in [5.41, 5.74) is 2.36. The molecule has 0 bridgehead atoms. The van der Waals surface area contributed by atoms with E-state index in [1.54, 1.807) is 30.0 Å². The molecule has 3 rings (SSSR count). The smallest absolute Gasteiger partial charge is 0.227 e. The highest BCUT2D eigenvalue weighted by Gasteiger charge is 2.23. The number of benzene rings is 2. The number of aliphatic hydroxyl groups excluding tert-OH is 1. The van der Waals surface area contributed by atoms with E-state index in [9.17, 15) is 9.50 Å². The van der Waals surface area contributed by atoms with E-state index in [4.69, 9.17) is 19.3 Å². The van der Waals surface area contributed by atoms with Gasteiger partial charge in [-0.3, -0.25) is 4.90 Å². The zero-order valence-electron chi connectivity index (χ0n) is 20.3. The third kappa shape index (κ3) is 7.11. The fourth-order valence-electron chi connectivity index (χ4n) is 3.53. The normalized spacial score (nSPS) is 12.5. The molecular weight excluding hydrogens is 437 g/mol. The molecule has 34 heavy (non-hydrogen) atoms. The second-order valence-corrected chi connectivity index (χ2v) is 8.41. The van der Waals surface area contributed by atoms with Crippen molar-refractivity contribution in [2.75, 3.05) is 33.4 Å². The molecular formula is C26H34FN3O4. The van der Waals surface area contributed by atoms with Crippen LogP contribution in [0.15, 0.2) is 54.6 Å². The molecule has 2 aromatic carbocycles. The van der Waals surface area contributed by atoms with Gasteiger partial charge in [-0.25, -0.2) is 9.07 Å². The number of hydrogen-bond donors (Lipinski definition) is 1. The van der Waals surface area contributed by atoms with Gasteiger partial charge in [0.25, 0.3) is 0 Å². The molecule has 8 heteroatoms. The first-order valence-corrected chi connectivity index (χ1v) is 11.5. The van der Waals surface area contributed by atoms with Gasteiger partial charge >= 0.3 is 0 Å². The lowest BCUT2D eigenvalue weighted by Gasteiger charge is -2.25. The van der Waals surface area contributed by atoms with Crippen molar-refractivity contribution in [1.82, 2.24) is 14.7 Å². The predicted octanol–water partition coefficient (Wildman–Crippen LogP) is 4.35. The van der Waals surface area contributed by atoms with E-state index in [0.717, 1.165) is 16.9 Å². The van der Waals surface area contributed by atoms with E-state index in [1.165, 1.54) is 6.07 Å². The van der Waals surface area contributed by atoms with Crippen molar-refractivity contribution in [3.05, 3.63) is 71.7 Å². The van der Waals surface area contributed by atoms with Gasteiger partial charge in [-0.15, -0.1) is 0 Å². The summed E-state index contributed by atoms with van der Waals surface area (Å²) >= 11 is 0. The third-order valence-corrected chi connectivity index (χ3v) is 5.27. The van der Waals surface area contributed by atoms with Crippen molar-refractivity contribution in [1.29, 1.82) is 0 Å². The Hall–Kier alpha value is -2.78. The van der Waals surface area contributed by atoms with Gasteiger partial charge in [0.2, 0.25) is 5.88 Å². The molecule has 1 atom stereocenters. The number of nitrogens with zero attached hydrogens (tertiary/aromatic N) is 3. The largest absolute Gasteiger partial charge is 0.435 e. The Morgan fingerprint density at radius 3 is 2.47 bits per heavy atom. The van der Waals surface area contributed by atoms with Crippen LogP contribution in [0.4, 0.5) is 4.39 Å². The van der Waals surface area contributed by atoms with Crippen molar-refractivity contribution in [2.24, 2.45) is 0 Å². The molecule has 7 nitrogen and oxygen atoms in total. The van der Waals surface area contributed by atoms with E-state index in [1.807, 2.05) is 51.1 Å². The van der Waals surface area contributed by atoms with Crippen molar-refractivity contribution >= 4 is 0 Å². The standard InChI is InChI=1S/C26H34FN3O4/c1-19(2)33-18-22(31)16-29(14-15-32-4)17-23-20(3)28-30(21-10-6-5-7-11-21)26(23)34-25-13-9-8-12-24(25)27/h5-13,19,22,31H,14-18H2,1-4H3/t22-/m1/s1. The number of aromatic nitrogens is 2. The molecule has 184 valence electrons. The molecule has 0 aliphatic heterocycles. The van der Waals surface area contributed by atoms with Crippen LogP contribution < -0.4 is 4.74 Å². The van der Waals surface area contributed by atoms with Crippen molar-refractivity contribution in [2.45, 2.75) is 39.5 Å². The van der Waals surface area contributed by atoms with Crippen LogP contribution in [0.2, 0.25) is 0 Å². The maximum Gasteiger partial charge on any atom is 0.227 e. The van der Waals surface area contributed by atoms with Crippen LogP contribution in [0.5, 0.6) is 11.6 Å². The van der Waals surface area contributed by atoms with E-state index in [2.05, 4.69) is 4.90 Å². The fraction of sp³-hybridized carbons (Fsp3) is 0.423. The van der Waals surface area contributed by atoms with Gasteiger partial charge in [-0.05, 0) is 45.0 Å². The summed E-state index contributed by atoms with van der Waals surface area (Å²) in [5, 5.41) is 15.2. The van der Waals surface area contributed by atoms with Crippen molar-refractivity contribution in [3.63, 3.8) is 0 Å². The maximum absolute atomic E-state index is 14.5. The third-order valence-electron chi connectivity index (χ3n) is 5.27. The SMILES string of the molecule is COCCN(Cc1c(C)nn(-c2ccccc2)c1Oc1ccccc1F)C[C@@H](O)COC(C)C. The molecule has 0 saturated heterocycles. The highest BCUT2D eigenvalue weighted by Crippen LogP contribution is 2.32. The highest BCUT2D eigenvalue weighted by atomic mass is 19.1. The number of aliphatic hydroxyl groups is 1. The zero-order valence-corrected chi connectivity index (χ0v) is 20.3. The monoisotopic (exact) mass is 471 g/mol.